The van der Waals surface area contributed by atoms with Crippen LogP contribution >= 0.6 is 0 Å². The number of hydrogen-bond acceptors (Lipinski definition) is 2. The Bertz CT molecular complexity index is 518. The molecule has 0 aliphatic heterocycles. The third kappa shape index (κ3) is 2.59. The maximum absolute atomic E-state index is 4.20. The SMILES string of the molecule is C=CCCc1cnccc1-c1ccncc1C. The number of aryl methyl sites for hydroxylation is 2. The maximum Gasteiger partial charge on any atom is 0.0306 e. The van der Waals surface area contributed by atoms with Crippen molar-refractivity contribution in [2.75, 3.05) is 0 Å². The maximum atomic E-state index is 4.20. The van der Waals surface area contributed by atoms with Crippen LogP contribution in [0.15, 0.2) is 49.6 Å². The zero-order chi connectivity index (χ0) is 12.1. The second kappa shape index (κ2) is 5.39. The highest BCUT2D eigenvalue weighted by molar-refractivity contribution is 5.69. The summed E-state index contributed by atoms with van der Waals surface area (Å²) in [5, 5.41) is 0. The van der Waals surface area contributed by atoms with E-state index < -0.39 is 0 Å². The van der Waals surface area contributed by atoms with Gasteiger partial charge in [0, 0.05) is 24.8 Å². The molecule has 2 nitrogen and oxygen atoms in total. The van der Waals surface area contributed by atoms with E-state index in [-0.39, 0.29) is 0 Å². The zero-order valence-electron chi connectivity index (χ0n) is 10.1. The van der Waals surface area contributed by atoms with Gasteiger partial charge in [-0.25, -0.2) is 0 Å². The van der Waals surface area contributed by atoms with Crippen LogP contribution in [0.5, 0.6) is 0 Å². The van der Waals surface area contributed by atoms with Gasteiger partial charge in [0.1, 0.15) is 0 Å². The van der Waals surface area contributed by atoms with Crippen molar-refractivity contribution in [3.05, 3.63) is 60.7 Å². The number of pyridine rings is 2. The van der Waals surface area contributed by atoms with Crippen molar-refractivity contribution in [2.45, 2.75) is 19.8 Å². The molecule has 0 amide bonds. The Kier molecular flexibility index (Phi) is 3.66. The zero-order valence-corrected chi connectivity index (χ0v) is 10.1. The topological polar surface area (TPSA) is 25.8 Å². The predicted molar refractivity (Wildman–Crippen MR) is 70.7 cm³/mol. The van der Waals surface area contributed by atoms with Gasteiger partial charge in [-0.2, -0.15) is 0 Å². The van der Waals surface area contributed by atoms with E-state index in [9.17, 15) is 0 Å². The highest BCUT2D eigenvalue weighted by atomic mass is 14.6. The lowest BCUT2D eigenvalue weighted by molar-refractivity contribution is 0.991. The highest BCUT2D eigenvalue weighted by Gasteiger charge is 2.06. The summed E-state index contributed by atoms with van der Waals surface area (Å²) in [7, 11) is 0. The molecule has 2 rings (SSSR count). The predicted octanol–water partition coefficient (Wildman–Crippen LogP) is 3.57. The van der Waals surface area contributed by atoms with Crippen LogP contribution in [0.1, 0.15) is 17.5 Å². The Labute approximate surface area is 102 Å². The molecule has 0 unspecified atom stereocenters. The van der Waals surface area contributed by atoms with Gasteiger partial charge in [0.2, 0.25) is 0 Å². The molecule has 2 heterocycles. The fourth-order valence-electron chi connectivity index (χ4n) is 1.92. The van der Waals surface area contributed by atoms with E-state index in [4.69, 9.17) is 0 Å². The van der Waals surface area contributed by atoms with Crippen LogP contribution in [0.3, 0.4) is 0 Å². The molecule has 0 bridgehead atoms. The largest absolute Gasteiger partial charge is 0.264 e. The fourth-order valence-corrected chi connectivity index (χ4v) is 1.92. The lowest BCUT2D eigenvalue weighted by Gasteiger charge is -2.10. The van der Waals surface area contributed by atoms with E-state index in [0.29, 0.717) is 0 Å². The van der Waals surface area contributed by atoms with Crippen LogP contribution < -0.4 is 0 Å². The van der Waals surface area contributed by atoms with Gasteiger partial charge >= 0.3 is 0 Å². The Hall–Kier alpha value is -1.96. The van der Waals surface area contributed by atoms with E-state index in [0.717, 1.165) is 12.8 Å². The Morgan fingerprint density at radius 2 is 1.82 bits per heavy atom. The van der Waals surface area contributed by atoms with Crippen LogP contribution in [0.4, 0.5) is 0 Å². The van der Waals surface area contributed by atoms with Crippen molar-refractivity contribution in [1.29, 1.82) is 0 Å². The van der Waals surface area contributed by atoms with Gasteiger partial charge in [-0.05, 0) is 54.2 Å². The van der Waals surface area contributed by atoms with E-state index in [1.54, 1.807) is 0 Å². The first-order chi connectivity index (χ1) is 8.33. The van der Waals surface area contributed by atoms with Crippen LogP contribution in [-0.4, -0.2) is 9.97 Å². The number of allylic oxidation sites excluding steroid dienone is 1. The quantitative estimate of drug-likeness (QED) is 0.742. The minimum atomic E-state index is 0.975. The van der Waals surface area contributed by atoms with Crippen molar-refractivity contribution in [3.63, 3.8) is 0 Å². The van der Waals surface area contributed by atoms with Gasteiger partial charge < -0.3 is 0 Å². The first-order valence-corrected chi connectivity index (χ1v) is 5.77. The molecule has 0 aliphatic rings. The monoisotopic (exact) mass is 224 g/mol. The smallest absolute Gasteiger partial charge is 0.0306 e. The lowest BCUT2D eigenvalue weighted by atomic mass is 9.97. The van der Waals surface area contributed by atoms with Crippen molar-refractivity contribution >= 4 is 0 Å². The lowest BCUT2D eigenvalue weighted by Crippen LogP contribution is -1.93. The van der Waals surface area contributed by atoms with E-state index in [1.165, 1.54) is 22.3 Å². The Balaban J connectivity index is 2.44. The summed E-state index contributed by atoms with van der Waals surface area (Å²) >= 11 is 0. The van der Waals surface area contributed by atoms with Crippen LogP contribution in [0, 0.1) is 6.92 Å². The number of nitrogens with zero attached hydrogens (tertiary/aromatic N) is 2. The minimum absolute atomic E-state index is 0.975. The molecule has 0 spiro atoms. The summed E-state index contributed by atoms with van der Waals surface area (Å²) in [6.07, 6.45) is 11.4. The molecule has 2 heteroatoms. The molecule has 0 atom stereocenters. The van der Waals surface area contributed by atoms with Gasteiger partial charge in [0.15, 0.2) is 0 Å². The minimum Gasteiger partial charge on any atom is -0.264 e. The third-order valence-electron chi connectivity index (χ3n) is 2.83. The molecule has 0 aromatic carbocycles. The second-order valence-corrected chi connectivity index (χ2v) is 4.05. The summed E-state index contributed by atoms with van der Waals surface area (Å²) in [4.78, 5) is 8.33. The standard InChI is InChI=1S/C15H16N2/c1-3-4-5-13-11-17-9-7-15(13)14-6-8-16-10-12(14)2/h3,6-11H,1,4-5H2,2H3. The molecule has 0 aliphatic carbocycles. The molecule has 0 N–H and O–H groups in total. The second-order valence-electron chi connectivity index (χ2n) is 4.05. The summed E-state index contributed by atoms with van der Waals surface area (Å²) in [5.41, 5.74) is 4.95. The average Bonchev–Trinajstić information content (AvgIpc) is 2.37. The summed E-state index contributed by atoms with van der Waals surface area (Å²) < 4.78 is 0. The molecular weight excluding hydrogens is 208 g/mol. The molecule has 0 saturated carbocycles. The number of hydrogen-bond donors (Lipinski definition) is 0. The van der Waals surface area contributed by atoms with Gasteiger partial charge in [0.25, 0.3) is 0 Å². The van der Waals surface area contributed by atoms with Crippen LogP contribution in [0.2, 0.25) is 0 Å². The summed E-state index contributed by atoms with van der Waals surface area (Å²) in [5.74, 6) is 0. The Morgan fingerprint density at radius 1 is 1.12 bits per heavy atom. The molecule has 86 valence electrons. The van der Waals surface area contributed by atoms with Crippen LogP contribution in [0.25, 0.3) is 11.1 Å². The van der Waals surface area contributed by atoms with E-state index in [2.05, 4.69) is 35.6 Å². The van der Waals surface area contributed by atoms with Crippen molar-refractivity contribution in [1.82, 2.24) is 9.97 Å². The Morgan fingerprint density at radius 3 is 2.53 bits per heavy atom. The molecule has 0 radical (unpaired) electrons. The van der Waals surface area contributed by atoms with Gasteiger partial charge in [-0.3, -0.25) is 9.97 Å². The number of rotatable bonds is 4. The normalized spacial score (nSPS) is 10.2. The van der Waals surface area contributed by atoms with Crippen molar-refractivity contribution in [3.8, 4) is 11.1 Å². The molecular formula is C15H16N2. The van der Waals surface area contributed by atoms with E-state index in [1.807, 2.05) is 30.9 Å². The van der Waals surface area contributed by atoms with Gasteiger partial charge in [-0.15, -0.1) is 6.58 Å². The summed E-state index contributed by atoms with van der Waals surface area (Å²) in [6, 6.07) is 4.13. The fraction of sp³-hybridized carbons (Fsp3) is 0.200. The van der Waals surface area contributed by atoms with Gasteiger partial charge in [-0.1, -0.05) is 6.08 Å². The average molecular weight is 224 g/mol. The molecule has 2 aromatic heterocycles. The van der Waals surface area contributed by atoms with Crippen molar-refractivity contribution < 1.29 is 0 Å². The highest BCUT2D eigenvalue weighted by Crippen LogP contribution is 2.26. The molecule has 0 fully saturated rings. The van der Waals surface area contributed by atoms with E-state index >= 15 is 0 Å². The first-order valence-electron chi connectivity index (χ1n) is 5.77. The molecule has 0 saturated heterocycles. The summed E-state index contributed by atoms with van der Waals surface area (Å²) in [6.45, 7) is 5.85. The first kappa shape index (κ1) is 11.5. The third-order valence-corrected chi connectivity index (χ3v) is 2.83. The van der Waals surface area contributed by atoms with Gasteiger partial charge in [0.05, 0.1) is 0 Å². The molecule has 2 aromatic rings. The number of aromatic nitrogens is 2. The van der Waals surface area contributed by atoms with Crippen LogP contribution in [-0.2, 0) is 6.42 Å². The molecule has 17 heavy (non-hydrogen) atoms. The van der Waals surface area contributed by atoms with Crippen molar-refractivity contribution in [2.24, 2.45) is 0 Å².